The Morgan fingerprint density at radius 3 is 3.20 bits per heavy atom. The Hall–Kier alpha value is -1.25. The first-order valence-electron chi connectivity index (χ1n) is 3.11. The molecule has 0 spiro atoms. The van der Waals surface area contributed by atoms with Gasteiger partial charge in [0.2, 0.25) is 0 Å². The van der Waals surface area contributed by atoms with Gasteiger partial charge in [0.15, 0.2) is 0 Å². The predicted molar refractivity (Wildman–Crippen MR) is 34.5 cm³/mol. The van der Waals surface area contributed by atoms with Gasteiger partial charge in [0, 0.05) is 7.05 Å². The maximum atomic E-state index is 11.1. The third kappa shape index (κ3) is 0.518. The van der Waals surface area contributed by atoms with Crippen LogP contribution in [0.3, 0.4) is 0 Å². The number of fused-ring (bicyclic) bond motifs is 1. The molecule has 0 saturated carbocycles. The van der Waals surface area contributed by atoms with Crippen molar-refractivity contribution in [2.24, 2.45) is 0 Å². The third-order valence-electron chi connectivity index (χ3n) is 1.70. The molecule has 0 radical (unpaired) electrons. The van der Waals surface area contributed by atoms with Crippen molar-refractivity contribution in [2.45, 2.75) is 6.54 Å². The molecule has 0 bridgehead atoms. The number of furan rings is 1. The van der Waals surface area contributed by atoms with E-state index in [-0.39, 0.29) is 5.91 Å². The van der Waals surface area contributed by atoms with E-state index in [0.717, 1.165) is 5.76 Å². The summed E-state index contributed by atoms with van der Waals surface area (Å²) in [6.07, 6.45) is 1.55. The van der Waals surface area contributed by atoms with Gasteiger partial charge in [0.1, 0.15) is 5.76 Å². The molecule has 2 heterocycles. The molecule has 52 valence electrons. The summed E-state index contributed by atoms with van der Waals surface area (Å²) in [7, 11) is 1.76. The fraction of sp³-hybridized carbons (Fsp3) is 0.286. The van der Waals surface area contributed by atoms with Crippen LogP contribution in [0.2, 0.25) is 0 Å². The highest BCUT2D eigenvalue weighted by molar-refractivity contribution is 5.97. The van der Waals surface area contributed by atoms with Gasteiger partial charge >= 0.3 is 0 Å². The third-order valence-corrected chi connectivity index (χ3v) is 1.70. The smallest absolute Gasteiger partial charge is 0.257 e. The van der Waals surface area contributed by atoms with Crippen molar-refractivity contribution in [3.63, 3.8) is 0 Å². The van der Waals surface area contributed by atoms with Crippen LogP contribution in [0.25, 0.3) is 0 Å². The number of hydrogen-bond donors (Lipinski definition) is 0. The maximum absolute atomic E-state index is 11.1. The standard InChI is InChI=1S/C7H7NO2/c1-8-4-6-5(7(8)9)2-3-10-6/h2-3H,4H2,1H3. The minimum absolute atomic E-state index is 0.0590. The van der Waals surface area contributed by atoms with E-state index in [4.69, 9.17) is 4.42 Å². The second kappa shape index (κ2) is 1.62. The molecular formula is C7H7NO2. The van der Waals surface area contributed by atoms with E-state index in [2.05, 4.69) is 0 Å². The summed E-state index contributed by atoms with van der Waals surface area (Å²) in [4.78, 5) is 12.8. The van der Waals surface area contributed by atoms with Crippen LogP contribution in [0.15, 0.2) is 16.7 Å². The maximum Gasteiger partial charge on any atom is 0.257 e. The highest BCUT2D eigenvalue weighted by Crippen LogP contribution is 2.21. The molecule has 0 fully saturated rings. The zero-order chi connectivity index (χ0) is 7.14. The van der Waals surface area contributed by atoms with Gasteiger partial charge in [0.25, 0.3) is 5.91 Å². The van der Waals surface area contributed by atoms with E-state index < -0.39 is 0 Å². The normalized spacial score (nSPS) is 16.1. The molecule has 1 amide bonds. The molecular weight excluding hydrogens is 130 g/mol. The SMILES string of the molecule is CN1Cc2occc2C1=O. The van der Waals surface area contributed by atoms with Crippen LogP contribution in [-0.4, -0.2) is 17.9 Å². The van der Waals surface area contributed by atoms with Gasteiger partial charge in [-0.1, -0.05) is 0 Å². The van der Waals surface area contributed by atoms with Gasteiger partial charge < -0.3 is 9.32 Å². The van der Waals surface area contributed by atoms with Crippen LogP contribution in [-0.2, 0) is 6.54 Å². The van der Waals surface area contributed by atoms with Crippen LogP contribution < -0.4 is 0 Å². The van der Waals surface area contributed by atoms with E-state index in [1.165, 1.54) is 0 Å². The summed E-state index contributed by atoms with van der Waals surface area (Å²) in [5.41, 5.74) is 0.711. The second-order valence-corrected chi connectivity index (χ2v) is 2.42. The van der Waals surface area contributed by atoms with E-state index >= 15 is 0 Å². The van der Waals surface area contributed by atoms with Crippen molar-refractivity contribution < 1.29 is 9.21 Å². The van der Waals surface area contributed by atoms with Gasteiger partial charge in [-0.15, -0.1) is 0 Å². The quantitative estimate of drug-likeness (QED) is 0.531. The Morgan fingerprint density at radius 1 is 1.70 bits per heavy atom. The molecule has 0 aromatic carbocycles. The molecule has 0 saturated heterocycles. The van der Waals surface area contributed by atoms with Crippen molar-refractivity contribution >= 4 is 5.91 Å². The predicted octanol–water partition coefficient (Wildman–Crippen LogP) is 0.865. The average molecular weight is 137 g/mol. The van der Waals surface area contributed by atoms with E-state index in [0.29, 0.717) is 12.1 Å². The molecule has 0 unspecified atom stereocenters. The average Bonchev–Trinajstić information content (AvgIpc) is 2.41. The van der Waals surface area contributed by atoms with Gasteiger partial charge in [-0.05, 0) is 6.07 Å². The minimum atomic E-state index is 0.0590. The van der Waals surface area contributed by atoms with Crippen LogP contribution >= 0.6 is 0 Å². The Labute approximate surface area is 58.2 Å². The molecule has 1 aromatic rings. The highest BCUT2D eigenvalue weighted by atomic mass is 16.3. The highest BCUT2D eigenvalue weighted by Gasteiger charge is 2.26. The molecule has 3 heteroatoms. The molecule has 0 aliphatic carbocycles. The fourth-order valence-corrected chi connectivity index (χ4v) is 1.15. The van der Waals surface area contributed by atoms with Gasteiger partial charge in [-0.3, -0.25) is 4.79 Å². The summed E-state index contributed by atoms with van der Waals surface area (Å²) in [6, 6.07) is 1.71. The number of carbonyl (C=O) groups excluding carboxylic acids is 1. The number of rotatable bonds is 0. The summed E-state index contributed by atoms with van der Waals surface area (Å²) >= 11 is 0. The Bertz CT molecular complexity index is 277. The largest absolute Gasteiger partial charge is 0.467 e. The van der Waals surface area contributed by atoms with Gasteiger partial charge in [0.05, 0.1) is 18.4 Å². The van der Waals surface area contributed by atoms with Crippen LogP contribution in [0.5, 0.6) is 0 Å². The lowest BCUT2D eigenvalue weighted by atomic mass is 10.3. The molecule has 10 heavy (non-hydrogen) atoms. The molecule has 1 aromatic heterocycles. The zero-order valence-electron chi connectivity index (χ0n) is 5.63. The summed E-state index contributed by atoms with van der Waals surface area (Å²) in [6.45, 7) is 0.612. The molecule has 2 rings (SSSR count). The first-order valence-corrected chi connectivity index (χ1v) is 3.11. The Morgan fingerprint density at radius 2 is 2.50 bits per heavy atom. The first-order chi connectivity index (χ1) is 4.79. The minimum Gasteiger partial charge on any atom is -0.467 e. The van der Waals surface area contributed by atoms with Crippen molar-refractivity contribution in [1.82, 2.24) is 4.90 Å². The molecule has 0 N–H and O–H groups in total. The monoisotopic (exact) mass is 137 g/mol. The lowest BCUT2D eigenvalue weighted by Crippen LogP contribution is -2.17. The number of carbonyl (C=O) groups is 1. The molecule has 3 nitrogen and oxygen atoms in total. The van der Waals surface area contributed by atoms with Crippen molar-refractivity contribution in [3.05, 3.63) is 23.7 Å². The first kappa shape index (κ1) is 5.53. The van der Waals surface area contributed by atoms with E-state index in [9.17, 15) is 4.79 Å². The van der Waals surface area contributed by atoms with Crippen LogP contribution in [0.4, 0.5) is 0 Å². The lowest BCUT2D eigenvalue weighted by molar-refractivity contribution is 0.0813. The van der Waals surface area contributed by atoms with Crippen LogP contribution in [0.1, 0.15) is 16.1 Å². The topological polar surface area (TPSA) is 33.5 Å². The Kier molecular flexibility index (Phi) is 0.897. The van der Waals surface area contributed by atoms with Crippen molar-refractivity contribution in [3.8, 4) is 0 Å². The Balaban J connectivity index is 2.53. The summed E-state index contributed by atoms with van der Waals surface area (Å²) in [5, 5.41) is 0. The lowest BCUT2D eigenvalue weighted by Gasteiger charge is -2.04. The van der Waals surface area contributed by atoms with Crippen molar-refractivity contribution in [2.75, 3.05) is 7.05 Å². The summed E-state index contributed by atoms with van der Waals surface area (Å²) in [5.74, 6) is 0.844. The van der Waals surface area contributed by atoms with Gasteiger partial charge in [-0.2, -0.15) is 0 Å². The number of nitrogens with zero attached hydrogens (tertiary/aromatic N) is 1. The molecule has 1 aliphatic heterocycles. The van der Waals surface area contributed by atoms with E-state index in [1.807, 2.05) is 0 Å². The number of hydrogen-bond acceptors (Lipinski definition) is 2. The summed E-state index contributed by atoms with van der Waals surface area (Å²) < 4.78 is 5.05. The zero-order valence-corrected chi connectivity index (χ0v) is 5.63. The van der Waals surface area contributed by atoms with Crippen molar-refractivity contribution in [1.29, 1.82) is 0 Å². The second-order valence-electron chi connectivity index (χ2n) is 2.42. The molecule has 1 aliphatic rings. The fourth-order valence-electron chi connectivity index (χ4n) is 1.15. The van der Waals surface area contributed by atoms with Crippen LogP contribution in [0, 0.1) is 0 Å². The molecule has 0 atom stereocenters. The van der Waals surface area contributed by atoms with Gasteiger partial charge in [-0.25, -0.2) is 0 Å². The number of amides is 1. The van der Waals surface area contributed by atoms with E-state index in [1.54, 1.807) is 24.3 Å².